The van der Waals surface area contributed by atoms with Gasteiger partial charge in [0, 0.05) is 38.3 Å². The average molecular weight is 198 g/mol. The van der Waals surface area contributed by atoms with Gasteiger partial charge in [0.15, 0.2) is 0 Å². The van der Waals surface area contributed by atoms with Crippen molar-refractivity contribution in [2.45, 2.75) is 24.8 Å². The van der Waals surface area contributed by atoms with Gasteiger partial charge in [-0.05, 0) is 26.3 Å². The standard InChI is InChI=1S/C10H22N4/c1-13-5-7-14(8-6-13)12-10(9-11)3-2-4-10/h12H,2-9,11H2,1H3. The van der Waals surface area contributed by atoms with Gasteiger partial charge < -0.3 is 10.6 Å². The minimum absolute atomic E-state index is 0.246. The molecule has 1 saturated heterocycles. The first-order valence-electron chi connectivity index (χ1n) is 5.65. The highest BCUT2D eigenvalue weighted by atomic mass is 15.6. The van der Waals surface area contributed by atoms with E-state index in [4.69, 9.17) is 5.73 Å². The average Bonchev–Trinajstić information content (AvgIpc) is 2.15. The molecule has 0 unspecified atom stereocenters. The molecule has 1 saturated carbocycles. The van der Waals surface area contributed by atoms with Gasteiger partial charge in [0.1, 0.15) is 0 Å². The van der Waals surface area contributed by atoms with Crippen LogP contribution in [0.2, 0.25) is 0 Å². The highest BCUT2D eigenvalue weighted by Crippen LogP contribution is 2.30. The van der Waals surface area contributed by atoms with Crippen LogP contribution >= 0.6 is 0 Å². The van der Waals surface area contributed by atoms with Gasteiger partial charge in [-0.25, -0.2) is 10.4 Å². The van der Waals surface area contributed by atoms with Gasteiger partial charge in [-0.3, -0.25) is 0 Å². The molecule has 0 bridgehead atoms. The Bertz CT molecular complexity index is 177. The summed E-state index contributed by atoms with van der Waals surface area (Å²) < 4.78 is 0. The molecule has 1 heterocycles. The Morgan fingerprint density at radius 2 is 1.86 bits per heavy atom. The predicted octanol–water partition coefficient (Wildman–Crippen LogP) is -0.380. The number of nitrogens with one attached hydrogen (secondary N) is 1. The Morgan fingerprint density at radius 1 is 1.21 bits per heavy atom. The van der Waals surface area contributed by atoms with E-state index in [2.05, 4.69) is 22.4 Å². The highest BCUT2D eigenvalue weighted by Gasteiger charge is 2.37. The summed E-state index contributed by atoms with van der Waals surface area (Å²) in [6.07, 6.45) is 3.82. The Hall–Kier alpha value is -0.160. The summed E-state index contributed by atoms with van der Waals surface area (Å²) in [5.41, 5.74) is 9.68. The number of nitrogens with zero attached hydrogens (tertiary/aromatic N) is 2. The first-order valence-corrected chi connectivity index (χ1v) is 5.65. The lowest BCUT2D eigenvalue weighted by molar-refractivity contribution is 0.0221. The molecule has 0 aromatic heterocycles. The quantitative estimate of drug-likeness (QED) is 0.649. The van der Waals surface area contributed by atoms with E-state index in [1.54, 1.807) is 0 Å². The largest absolute Gasteiger partial charge is 0.329 e. The van der Waals surface area contributed by atoms with Crippen LogP contribution in [0.3, 0.4) is 0 Å². The molecule has 14 heavy (non-hydrogen) atoms. The minimum atomic E-state index is 0.246. The molecule has 0 spiro atoms. The highest BCUT2D eigenvalue weighted by molar-refractivity contribution is 4.96. The number of rotatable bonds is 3. The van der Waals surface area contributed by atoms with Crippen LogP contribution in [0.15, 0.2) is 0 Å². The Labute approximate surface area is 86.4 Å². The van der Waals surface area contributed by atoms with Crippen molar-refractivity contribution in [2.75, 3.05) is 39.8 Å². The molecular weight excluding hydrogens is 176 g/mol. The Balaban J connectivity index is 1.79. The number of piperazine rings is 1. The van der Waals surface area contributed by atoms with Crippen molar-refractivity contribution >= 4 is 0 Å². The van der Waals surface area contributed by atoms with Gasteiger partial charge in [-0.1, -0.05) is 0 Å². The number of hydrazine groups is 1. The molecule has 1 aliphatic heterocycles. The van der Waals surface area contributed by atoms with Crippen LogP contribution in [0.5, 0.6) is 0 Å². The van der Waals surface area contributed by atoms with Crippen molar-refractivity contribution in [2.24, 2.45) is 5.73 Å². The van der Waals surface area contributed by atoms with Crippen LogP contribution in [0.4, 0.5) is 0 Å². The zero-order valence-electron chi connectivity index (χ0n) is 9.13. The molecule has 0 aromatic carbocycles. The second-order valence-corrected chi connectivity index (χ2v) is 4.74. The molecule has 4 heteroatoms. The summed E-state index contributed by atoms with van der Waals surface area (Å²) in [5, 5.41) is 2.35. The molecule has 0 amide bonds. The third-order valence-electron chi connectivity index (χ3n) is 3.60. The van der Waals surface area contributed by atoms with Crippen LogP contribution in [-0.4, -0.2) is 55.2 Å². The lowest BCUT2D eigenvalue weighted by Gasteiger charge is -2.47. The normalized spacial score (nSPS) is 28.7. The van der Waals surface area contributed by atoms with E-state index in [9.17, 15) is 0 Å². The number of hydrogen-bond acceptors (Lipinski definition) is 4. The van der Waals surface area contributed by atoms with Crippen LogP contribution in [0.1, 0.15) is 19.3 Å². The lowest BCUT2D eigenvalue weighted by Crippen LogP contribution is -2.64. The van der Waals surface area contributed by atoms with Gasteiger partial charge in [-0.15, -0.1) is 0 Å². The van der Waals surface area contributed by atoms with E-state index in [1.165, 1.54) is 19.3 Å². The fourth-order valence-electron chi connectivity index (χ4n) is 2.22. The van der Waals surface area contributed by atoms with Crippen molar-refractivity contribution in [3.05, 3.63) is 0 Å². The van der Waals surface area contributed by atoms with Gasteiger partial charge in [0.25, 0.3) is 0 Å². The summed E-state index contributed by atoms with van der Waals surface area (Å²) in [4.78, 5) is 2.37. The molecule has 2 fully saturated rings. The van der Waals surface area contributed by atoms with E-state index in [1.807, 2.05) is 0 Å². The molecule has 2 aliphatic rings. The first kappa shape index (κ1) is 10.4. The van der Waals surface area contributed by atoms with Crippen LogP contribution in [0, 0.1) is 0 Å². The summed E-state index contributed by atoms with van der Waals surface area (Å²) in [6.45, 7) is 5.34. The monoisotopic (exact) mass is 198 g/mol. The number of hydrogen-bond donors (Lipinski definition) is 2. The zero-order valence-corrected chi connectivity index (χ0v) is 9.13. The molecule has 1 aliphatic carbocycles. The predicted molar refractivity (Wildman–Crippen MR) is 57.8 cm³/mol. The summed E-state index contributed by atoms with van der Waals surface area (Å²) in [6, 6.07) is 0. The summed E-state index contributed by atoms with van der Waals surface area (Å²) in [5.74, 6) is 0. The van der Waals surface area contributed by atoms with Crippen molar-refractivity contribution in [1.29, 1.82) is 0 Å². The van der Waals surface area contributed by atoms with Gasteiger partial charge >= 0.3 is 0 Å². The van der Waals surface area contributed by atoms with E-state index in [0.717, 1.165) is 32.7 Å². The molecule has 0 atom stereocenters. The van der Waals surface area contributed by atoms with Gasteiger partial charge in [0.2, 0.25) is 0 Å². The molecule has 4 nitrogen and oxygen atoms in total. The fourth-order valence-corrected chi connectivity index (χ4v) is 2.22. The van der Waals surface area contributed by atoms with Crippen molar-refractivity contribution in [3.63, 3.8) is 0 Å². The summed E-state index contributed by atoms with van der Waals surface area (Å²) in [7, 11) is 2.18. The molecule has 0 aromatic rings. The third-order valence-corrected chi connectivity index (χ3v) is 3.60. The second-order valence-electron chi connectivity index (χ2n) is 4.74. The van der Waals surface area contributed by atoms with Crippen molar-refractivity contribution in [1.82, 2.24) is 15.3 Å². The van der Waals surface area contributed by atoms with Crippen molar-refractivity contribution < 1.29 is 0 Å². The van der Waals surface area contributed by atoms with Crippen molar-refractivity contribution in [3.8, 4) is 0 Å². The minimum Gasteiger partial charge on any atom is -0.329 e. The van der Waals surface area contributed by atoms with Crippen LogP contribution in [0.25, 0.3) is 0 Å². The maximum Gasteiger partial charge on any atom is 0.0448 e. The lowest BCUT2D eigenvalue weighted by atomic mass is 9.77. The third kappa shape index (κ3) is 2.08. The smallest absolute Gasteiger partial charge is 0.0448 e. The molecule has 82 valence electrons. The van der Waals surface area contributed by atoms with Gasteiger partial charge in [0.05, 0.1) is 0 Å². The van der Waals surface area contributed by atoms with E-state index >= 15 is 0 Å². The van der Waals surface area contributed by atoms with Crippen LogP contribution < -0.4 is 11.2 Å². The second kappa shape index (κ2) is 4.14. The number of nitrogens with two attached hydrogens (primary N) is 1. The Morgan fingerprint density at radius 3 is 2.29 bits per heavy atom. The summed E-state index contributed by atoms with van der Waals surface area (Å²) >= 11 is 0. The molecule has 3 N–H and O–H groups in total. The van der Waals surface area contributed by atoms with E-state index in [-0.39, 0.29) is 5.54 Å². The Kier molecular flexibility index (Phi) is 3.07. The zero-order chi connectivity index (χ0) is 10.0. The molecule has 0 radical (unpaired) electrons. The molecule has 2 rings (SSSR count). The number of likely N-dealkylation sites (N-methyl/N-ethyl adjacent to an activating group) is 1. The first-order chi connectivity index (χ1) is 6.74. The van der Waals surface area contributed by atoms with Crippen LogP contribution in [-0.2, 0) is 0 Å². The SMILES string of the molecule is CN1CCN(NC2(CN)CCC2)CC1. The maximum atomic E-state index is 5.81. The van der Waals surface area contributed by atoms with E-state index in [0.29, 0.717) is 0 Å². The maximum absolute atomic E-state index is 5.81. The van der Waals surface area contributed by atoms with E-state index < -0.39 is 0 Å². The fraction of sp³-hybridized carbons (Fsp3) is 1.00. The molecular formula is C10H22N4. The topological polar surface area (TPSA) is 44.5 Å². The van der Waals surface area contributed by atoms with Gasteiger partial charge in [-0.2, -0.15) is 0 Å².